The van der Waals surface area contributed by atoms with Gasteiger partial charge in [-0.05, 0) is 54.6 Å². The fourth-order valence-corrected chi connectivity index (χ4v) is 4.24. The fourth-order valence-electron chi connectivity index (χ4n) is 3.01. The van der Waals surface area contributed by atoms with Gasteiger partial charge < -0.3 is 4.42 Å². The van der Waals surface area contributed by atoms with Crippen LogP contribution in [0.5, 0.6) is 0 Å². The SMILES string of the molecule is O=C(NNC(=O)c1cc2ccccc2oc1=O)c1cccc(S(=O)(=O)Nc2ccc(Cl)cc2)c1. The number of halogens is 1. The van der Waals surface area contributed by atoms with Crippen LogP contribution in [0.4, 0.5) is 5.69 Å². The maximum atomic E-state index is 12.7. The Balaban J connectivity index is 1.47. The molecule has 1 aromatic heterocycles. The molecule has 0 aliphatic heterocycles. The lowest BCUT2D eigenvalue weighted by Crippen LogP contribution is -2.43. The molecule has 4 rings (SSSR count). The number of nitrogens with one attached hydrogen (secondary N) is 3. The molecule has 0 atom stereocenters. The number of benzene rings is 3. The summed E-state index contributed by atoms with van der Waals surface area (Å²) in [5.41, 5.74) is 3.69. The Hall–Kier alpha value is -4.15. The zero-order valence-electron chi connectivity index (χ0n) is 17.2. The van der Waals surface area contributed by atoms with Gasteiger partial charge in [-0.2, -0.15) is 0 Å². The molecule has 0 saturated carbocycles. The summed E-state index contributed by atoms with van der Waals surface area (Å²) in [4.78, 5) is 36.8. The van der Waals surface area contributed by atoms with E-state index in [0.29, 0.717) is 21.7 Å². The Kier molecular flexibility index (Phi) is 6.35. The van der Waals surface area contributed by atoms with Crippen molar-refractivity contribution >= 4 is 50.1 Å². The van der Waals surface area contributed by atoms with Gasteiger partial charge in [0.25, 0.3) is 21.8 Å². The summed E-state index contributed by atoms with van der Waals surface area (Å²) < 4.78 is 32.8. The minimum absolute atomic E-state index is 0.0372. The fraction of sp³-hybridized carbons (Fsp3) is 0. The molecular weight excluding hydrogens is 482 g/mol. The first-order valence-electron chi connectivity index (χ1n) is 9.75. The molecule has 1 heterocycles. The largest absolute Gasteiger partial charge is 0.422 e. The third kappa shape index (κ3) is 5.08. The van der Waals surface area contributed by atoms with E-state index in [0.717, 1.165) is 6.07 Å². The van der Waals surface area contributed by atoms with Gasteiger partial charge in [-0.25, -0.2) is 13.2 Å². The number of anilines is 1. The molecule has 3 N–H and O–H groups in total. The molecule has 172 valence electrons. The van der Waals surface area contributed by atoms with Gasteiger partial charge in [-0.1, -0.05) is 35.9 Å². The zero-order valence-corrected chi connectivity index (χ0v) is 18.8. The summed E-state index contributed by atoms with van der Waals surface area (Å²) in [5, 5.41) is 0.981. The summed E-state index contributed by atoms with van der Waals surface area (Å²) in [6.45, 7) is 0. The van der Waals surface area contributed by atoms with Crippen molar-refractivity contribution in [3.05, 3.63) is 105 Å². The van der Waals surface area contributed by atoms with Crippen molar-refractivity contribution in [1.29, 1.82) is 0 Å². The van der Waals surface area contributed by atoms with E-state index in [4.69, 9.17) is 16.0 Å². The first kappa shape index (κ1) is 23.0. The van der Waals surface area contributed by atoms with E-state index in [1.807, 2.05) is 0 Å². The number of para-hydroxylation sites is 1. The predicted molar refractivity (Wildman–Crippen MR) is 126 cm³/mol. The average molecular weight is 498 g/mol. The van der Waals surface area contributed by atoms with Gasteiger partial charge in [0.05, 0.1) is 4.90 Å². The first-order chi connectivity index (χ1) is 16.2. The topological polar surface area (TPSA) is 135 Å². The second-order valence-electron chi connectivity index (χ2n) is 7.03. The summed E-state index contributed by atoms with van der Waals surface area (Å²) >= 11 is 5.81. The van der Waals surface area contributed by atoms with Crippen LogP contribution >= 0.6 is 11.6 Å². The maximum Gasteiger partial charge on any atom is 0.349 e. The summed E-state index contributed by atoms with van der Waals surface area (Å²) in [6, 6.07) is 19.3. The van der Waals surface area contributed by atoms with E-state index < -0.39 is 27.5 Å². The second-order valence-corrected chi connectivity index (χ2v) is 9.15. The predicted octanol–water partition coefficient (Wildman–Crippen LogP) is 3.32. The standard InChI is InChI=1S/C23H16ClN3O6S/c24-16-8-10-17(11-9-16)27-34(31,32)18-6-3-5-15(12-18)21(28)25-26-22(29)19-13-14-4-1-2-7-20(14)33-23(19)30/h1-13,27H,(H,25,28)(H,26,29). The van der Waals surface area contributed by atoms with Crippen LogP contribution in [-0.2, 0) is 10.0 Å². The van der Waals surface area contributed by atoms with Gasteiger partial charge in [0.1, 0.15) is 11.1 Å². The highest BCUT2D eigenvalue weighted by Gasteiger charge is 2.18. The Morgan fingerprint density at radius 2 is 1.53 bits per heavy atom. The molecular formula is C23H16ClN3O6S. The number of rotatable bonds is 5. The zero-order chi connectivity index (χ0) is 24.3. The lowest BCUT2D eigenvalue weighted by atomic mass is 10.2. The number of amides is 2. The summed E-state index contributed by atoms with van der Waals surface area (Å²) in [7, 11) is -4.00. The molecule has 0 bridgehead atoms. The number of hydrazine groups is 1. The Labute approximate surface area is 198 Å². The first-order valence-corrected chi connectivity index (χ1v) is 11.6. The van der Waals surface area contributed by atoms with Crippen LogP contribution in [-0.4, -0.2) is 20.2 Å². The van der Waals surface area contributed by atoms with Crippen LogP contribution in [0.25, 0.3) is 11.0 Å². The van der Waals surface area contributed by atoms with Gasteiger partial charge in [0.2, 0.25) is 0 Å². The van der Waals surface area contributed by atoms with Gasteiger partial charge in [0.15, 0.2) is 0 Å². The van der Waals surface area contributed by atoms with E-state index in [2.05, 4.69) is 15.6 Å². The monoisotopic (exact) mass is 497 g/mol. The Morgan fingerprint density at radius 1 is 0.824 bits per heavy atom. The molecule has 0 unspecified atom stereocenters. The van der Waals surface area contributed by atoms with Crippen LogP contribution in [0.15, 0.2) is 93.0 Å². The van der Waals surface area contributed by atoms with Crippen LogP contribution in [0, 0.1) is 0 Å². The van der Waals surface area contributed by atoms with Crippen molar-refractivity contribution in [3.8, 4) is 0 Å². The van der Waals surface area contributed by atoms with Crippen molar-refractivity contribution in [2.75, 3.05) is 4.72 Å². The number of hydrogen-bond donors (Lipinski definition) is 3. The number of carbonyl (C=O) groups is 2. The lowest BCUT2D eigenvalue weighted by molar-refractivity contribution is 0.0844. The van der Waals surface area contributed by atoms with Crippen molar-refractivity contribution in [2.45, 2.75) is 4.90 Å². The van der Waals surface area contributed by atoms with E-state index in [9.17, 15) is 22.8 Å². The highest BCUT2D eigenvalue weighted by atomic mass is 35.5. The Bertz CT molecular complexity index is 1570. The van der Waals surface area contributed by atoms with Crippen molar-refractivity contribution in [3.63, 3.8) is 0 Å². The lowest BCUT2D eigenvalue weighted by Gasteiger charge is -2.10. The van der Waals surface area contributed by atoms with Crippen LogP contribution < -0.4 is 21.2 Å². The van der Waals surface area contributed by atoms with E-state index in [-0.39, 0.29) is 16.0 Å². The molecule has 0 aliphatic carbocycles. The third-order valence-electron chi connectivity index (χ3n) is 4.68. The molecule has 4 aromatic rings. The van der Waals surface area contributed by atoms with Crippen LogP contribution in [0.1, 0.15) is 20.7 Å². The Morgan fingerprint density at radius 3 is 2.29 bits per heavy atom. The number of carbonyl (C=O) groups excluding carboxylic acids is 2. The van der Waals surface area contributed by atoms with Crippen molar-refractivity contribution in [2.24, 2.45) is 0 Å². The number of fused-ring (bicyclic) bond motifs is 1. The molecule has 3 aromatic carbocycles. The molecule has 2 amide bonds. The number of sulfonamides is 1. The van der Waals surface area contributed by atoms with Crippen LogP contribution in [0.3, 0.4) is 0 Å². The van der Waals surface area contributed by atoms with Gasteiger partial charge in [-0.3, -0.25) is 25.2 Å². The summed E-state index contributed by atoms with van der Waals surface area (Å²) in [6.07, 6.45) is 0. The normalized spacial score (nSPS) is 11.1. The molecule has 11 heteroatoms. The minimum Gasteiger partial charge on any atom is -0.422 e. The van der Waals surface area contributed by atoms with Crippen LogP contribution in [0.2, 0.25) is 5.02 Å². The molecule has 34 heavy (non-hydrogen) atoms. The van der Waals surface area contributed by atoms with E-state index in [1.165, 1.54) is 48.5 Å². The van der Waals surface area contributed by atoms with Gasteiger partial charge in [-0.15, -0.1) is 0 Å². The molecule has 0 aliphatic rings. The summed E-state index contributed by atoms with van der Waals surface area (Å²) in [5.74, 6) is -1.68. The molecule has 9 nitrogen and oxygen atoms in total. The molecule has 0 saturated heterocycles. The molecule has 0 radical (unpaired) electrons. The highest BCUT2D eigenvalue weighted by Crippen LogP contribution is 2.19. The maximum absolute atomic E-state index is 12.7. The second kappa shape index (κ2) is 9.38. The smallest absolute Gasteiger partial charge is 0.349 e. The third-order valence-corrected chi connectivity index (χ3v) is 6.31. The van der Waals surface area contributed by atoms with E-state index in [1.54, 1.807) is 24.3 Å². The van der Waals surface area contributed by atoms with Gasteiger partial charge >= 0.3 is 5.63 Å². The number of hydrogen-bond acceptors (Lipinski definition) is 6. The average Bonchev–Trinajstić information content (AvgIpc) is 2.83. The minimum atomic E-state index is -4.00. The quantitative estimate of drug-likeness (QED) is 0.286. The van der Waals surface area contributed by atoms with Crippen molar-refractivity contribution < 1.29 is 22.4 Å². The molecule has 0 fully saturated rings. The van der Waals surface area contributed by atoms with Gasteiger partial charge in [0, 0.05) is 21.7 Å². The van der Waals surface area contributed by atoms with Crippen molar-refractivity contribution in [1.82, 2.24) is 10.9 Å². The van der Waals surface area contributed by atoms with E-state index >= 15 is 0 Å². The highest BCUT2D eigenvalue weighted by molar-refractivity contribution is 7.92. The molecule has 0 spiro atoms.